The molecule has 1 atom stereocenters. The van der Waals surface area contributed by atoms with E-state index in [4.69, 9.17) is 9.47 Å². The number of aryl methyl sites for hydroxylation is 1. The number of aliphatic hydroxyl groups excluding tert-OH is 1. The Hall–Kier alpha value is -3.32. The van der Waals surface area contributed by atoms with E-state index in [-0.39, 0.29) is 35.7 Å². The van der Waals surface area contributed by atoms with Crippen LogP contribution in [0.3, 0.4) is 0 Å². The summed E-state index contributed by atoms with van der Waals surface area (Å²) in [6.45, 7) is 5.38. The number of aromatic amines is 1. The molecule has 33 heavy (non-hydrogen) atoms. The van der Waals surface area contributed by atoms with E-state index in [1.807, 2.05) is 13.8 Å². The van der Waals surface area contributed by atoms with Crippen molar-refractivity contribution in [1.82, 2.24) is 4.98 Å². The number of phenolic OH excluding ortho intramolecular Hbond substituents is 1. The van der Waals surface area contributed by atoms with E-state index < -0.39 is 6.10 Å². The molecule has 1 heterocycles. The summed E-state index contributed by atoms with van der Waals surface area (Å²) >= 11 is 0. The fourth-order valence-corrected chi connectivity index (χ4v) is 3.87. The van der Waals surface area contributed by atoms with Crippen LogP contribution in [0.25, 0.3) is 10.9 Å². The molecule has 0 spiro atoms. The van der Waals surface area contributed by atoms with Gasteiger partial charge in [-0.1, -0.05) is 26.7 Å². The highest BCUT2D eigenvalue weighted by Crippen LogP contribution is 2.33. The molecule has 0 saturated carbocycles. The summed E-state index contributed by atoms with van der Waals surface area (Å²) in [6, 6.07) is 8.15. The molecule has 0 aliphatic rings. The minimum Gasteiger partial charge on any atom is -0.507 e. The Kier molecular flexibility index (Phi) is 8.11. The highest BCUT2D eigenvalue weighted by Gasteiger charge is 2.18. The van der Waals surface area contributed by atoms with E-state index in [0.717, 1.165) is 30.3 Å². The highest BCUT2D eigenvalue weighted by molar-refractivity contribution is 5.97. The third-order valence-electron chi connectivity index (χ3n) is 5.48. The number of aromatic nitrogens is 1. The fraction of sp³-hybridized carbons (Fsp3) is 0.385. The molecule has 2 aromatic carbocycles. The number of aromatic hydroxyl groups is 1. The Morgan fingerprint density at radius 1 is 0.970 bits per heavy atom. The summed E-state index contributed by atoms with van der Waals surface area (Å²) in [6.07, 6.45) is 3.61. The van der Waals surface area contributed by atoms with Crippen molar-refractivity contribution in [3.05, 3.63) is 63.4 Å². The summed E-state index contributed by atoms with van der Waals surface area (Å²) in [5.74, 6) is 0.764. The monoisotopic (exact) mass is 453 g/mol. The van der Waals surface area contributed by atoms with E-state index >= 15 is 0 Å². The Balaban J connectivity index is 1.71. The van der Waals surface area contributed by atoms with Crippen LogP contribution in [0, 0.1) is 0 Å². The van der Waals surface area contributed by atoms with Gasteiger partial charge in [-0.3, -0.25) is 9.59 Å². The maximum absolute atomic E-state index is 12.1. The molecule has 0 aliphatic heterocycles. The number of ether oxygens (including phenoxy) is 2. The van der Waals surface area contributed by atoms with Crippen LogP contribution in [0.4, 0.5) is 0 Å². The largest absolute Gasteiger partial charge is 0.507 e. The summed E-state index contributed by atoms with van der Waals surface area (Å²) in [5.41, 5.74) is 2.41. The number of phenols is 1. The number of hydrogen-bond donors (Lipinski definition) is 3. The smallest absolute Gasteiger partial charge is 0.189 e. The first-order valence-electron chi connectivity index (χ1n) is 11.3. The Bertz CT molecular complexity index is 1180. The SMILES string of the molecule is CCCc1c(OCC(O)COc2ccc3c(=O)cc[nH]c3c2CCC)ccc(C(C)=O)c1O. The van der Waals surface area contributed by atoms with Crippen molar-refractivity contribution in [1.29, 1.82) is 0 Å². The van der Waals surface area contributed by atoms with Gasteiger partial charge < -0.3 is 24.7 Å². The van der Waals surface area contributed by atoms with Crippen LogP contribution in [-0.4, -0.2) is 40.3 Å². The fourth-order valence-electron chi connectivity index (χ4n) is 3.87. The minimum atomic E-state index is -0.922. The molecule has 3 rings (SSSR count). The van der Waals surface area contributed by atoms with Crippen LogP contribution in [-0.2, 0) is 12.8 Å². The van der Waals surface area contributed by atoms with E-state index in [9.17, 15) is 19.8 Å². The lowest BCUT2D eigenvalue weighted by Gasteiger charge is -2.18. The first-order valence-corrected chi connectivity index (χ1v) is 11.3. The molecular formula is C26H31NO6. The molecule has 0 saturated heterocycles. The average molecular weight is 454 g/mol. The van der Waals surface area contributed by atoms with Crippen molar-refractivity contribution >= 4 is 16.7 Å². The standard InChI is InChI=1S/C26H31NO6/c1-4-6-20-23(11-9-19-22(30)12-13-27-25(19)20)32-14-17(29)15-33-24-10-8-18(16(3)28)26(31)21(24)7-5-2/h8-13,17,29,31H,4-7,14-15H2,1-3H3,(H,27,30). The van der Waals surface area contributed by atoms with Gasteiger partial charge in [0.2, 0.25) is 0 Å². The number of ketones is 1. The number of benzene rings is 2. The average Bonchev–Trinajstić information content (AvgIpc) is 2.79. The number of H-pyrrole nitrogens is 1. The van der Waals surface area contributed by atoms with Gasteiger partial charge in [-0.05, 0) is 44.0 Å². The number of Topliss-reactive ketones (excluding diaryl/α,β-unsaturated/α-hetero) is 1. The van der Waals surface area contributed by atoms with E-state index in [2.05, 4.69) is 4.98 Å². The van der Waals surface area contributed by atoms with Crippen molar-refractivity contribution in [3.63, 3.8) is 0 Å². The lowest BCUT2D eigenvalue weighted by Crippen LogP contribution is -2.25. The predicted octanol–water partition coefficient (Wildman–Crippen LogP) is 4.16. The lowest BCUT2D eigenvalue weighted by atomic mass is 10.0. The highest BCUT2D eigenvalue weighted by atomic mass is 16.5. The topological polar surface area (TPSA) is 109 Å². The third kappa shape index (κ3) is 5.54. The first-order chi connectivity index (χ1) is 15.9. The van der Waals surface area contributed by atoms with Crippen LogP contribution in [0.1, 0.15) is 55.1 Å². The molecule has 7 heteroatoms. The molecule has 176 valence electrons. The molecule has 3 aromatic rings. The number of rotatable bonds is 11. The molecule has 3 N–H and O–H groups in total. The zero-order valence-electron chi connectivity index (χ0n) is 19.3. The van der Waals surface area contributed by atoms with Crippen LogP contribution in [0.15, 0.2) is 41.3 Å². The Morgan fingerprint density at radius 2 is 1.58 bits per heavy atom. The van der Waals surface area contributed by atoms with Crippen molar-refractivity contribution in [2.75, 3.05) is 13.2 Å². The maximum Gasteiger partial charge on any atom is 0.189 e. The van der Waals surface area contributed by atoms with Gasteiger partial charge in [-0.15, -0.1) is 0 Å². The minimum absolute atomic E-state index is 0.0000899. The lowest BCUT2D eigenvalue weighted by molar-refractivity contribution is 0.0619. The number of carbonyl (C=O) groups is 1. The van der Waals surface area contributed by atoms with Crippen molar-refractivity contribution in [2.24, 2.45) is 0 Å². The van der Waals surface area contributed by atoms with Gasteiger partial charge in [0, 0.05) is 28.8 Å². The number of hydrogen-bond acceptors (Lipinski definition) is 6. The quantitative estimate of drug-likeness (QED) is 0.376. The molecular weight excluding hydrogens is 422 g/mol. The van der Waals surface area contributed by atoms with Gasteiger partial charge in [0.25, 0.3) is 0 Å². The number of pyridine rings is 1. The van der Waals surface area contributed by atoms with Gasteiger partial charge in [-0.25, -0.2) is 0 Å². The molecule has 1 aromatic heterocycles. The maximum atomic E-state index is 12.1. The first kappa shape index (κ1) is 24.3. The van der Waals surface area contributed by atoms with Gasteiger partial charge in [-0.2, -0.15) is 0 Å². The van der Waals surface area contributed by atoms with Crippen molar-refractivity contribution in [2.45, 2.75) is 52.6 Å². The number of aliphatic hydroxyl groups is 1. The van der Waals surface area contributed by atoms with Crippen molar-refractivity contribution in [3.8, 4) is 17.2 Å². The van der Waals surface area contributed by atoms with Gasteiger partial charge in [0.05, 0.1) is 11.1 Å². The van der Waals surface area contributed by atoms with Gasteiger partial charge >= 0.3 is 0 Å². The normalized spacial score (nSPS) is 12.0. The van der Waals surface area contributed by atoms with Gasteiger partial charge in [0.15, 0.2) is 11.2 Å². The molecule has 0 bridgehead atoms. The van der Waals surface area contributed by atoms with E-state index in [1.54, 1.807) is 24.4 Å². The van der Waals surface area contributed by atoms with E-state index in [1.165, 1.54) is 19.1 Å². The Morgan fingerprint density at radius 3 is 2.21 bits per heavy atom. The van der Waals surface area contributed by atoms with Crippen LogP contribution in [0.2, 0.25) is 0 Å². The summed E-state index contributed by atoms with van der Waals surface area (Å²) in [4.78, 5) is 27.0. The molecule has 0 amide bonds. The van der Waals surface area contributed by atoms with Gasteiger partial charge in [0.1, 0.15) is 36.6 Å². The zero-order chi connectivity index (χ0) is 24.0. The summed E-state index contributed by atoms with van der Waals surface area (Å²) < 4.78 is 11.7. The molecule has 1 unspecified atom stereocenters. The second kappa shape index (κ2) is 11.0. The number of nitrogens with one attached hydrogen (secondary N) is 1. The molecule has 0 radical (unpaired) electrons. The van der Waals surface area contributed by atoms with Crippen LogP contribution >= 0.6 is 0 Å². The number of carbonyl (C=O) groups excluding carboxylic acids is 1. The zero-order valence-corrected chi connectivity index (χ0v) is 19.3. The van der Waals surface area contributed by atoms with Crippen molar-refractivity contribution < 1.29 is 24.5 Å². The predicted molar refractivity (Wildman–Crippen MR) is 128 cm³/mol. The Labute approximate surface area is 193 Å². The second-order valence-corrected chi connectivity index (χ2v) is 8.08. The summed E-state index contributed by atoms with van der Waals surface area (Å²) in [7, 11) is 0. The van der Waals surface area contributed by atoms with Crippen LogP contribution < -0.4 is 14.9 Å². The molecule has 7 nitrogen and oxygen atoms in total. The van der Waals surface area contributed by atoms with E-state index in [0.29, 0.717) is 28.9 Å². The molecule has 0 fully saturated rings. The number of fused-ring (bicyclic) bond motifs is 1. The molecule has 0 aliphatic carbocycles. The van der Waals surface area contributed by atoms with Crippen LogP contribution in [0.5, 0.6) is 17.2 Å². The third-order valence-corrected chi connectivity index (χ3v) is 5.48. The summed E-state index contributed by atoms with van der Waals surface area (Å²) in [5, 5.41) is 21.5. The second-order valence-electron chi connectivity index (χ2n) is 8.08.